The van der Waals surface area contributed by atoms with E-state index in [-0.39, 0.29) is 25.1 Å². The highest BCUT2D eigenvalue weighted by Gasteiger charge is 2.38. The highest BCUT2D eigenvalue weighted by atomic mass is 31.2. The molecular formula is C25H38N7O5P. The Morgan fingerprint density at radius 2 is 1.95 bits per heavy atom. The number of ether oxygens (including phenoxy) is 3. The van der Waals surface area contributed by atoms with Gasteiger partial charge in [-0.3, -0.25) is 9.36 Å². The number of esters is 1. The van der Waals surface area contributed by atoms with Crippen molar-refractivity contribution in [1.29, 1.82) is 0 Å². The van der Waals surface area contributed by atoms with Crippen LogP contribution in [0.15, 0.2) is 36.9 Å². The van der Waals surface area contributed by atoms with Crippen LogP contribution < -0.4 is 20.6 Å². The van der Waals surface area contributed by atoms with Gasteiger partial charge in [-0.15, -0.1) is 0 Å². The summed E-state index contributed by atoms with van der Waals surface area (Å²) in [6.07, 6.45) is 3.10. The Labute approximate surface area is 223 Å². The number of para-hydroxylation sites is 1. The third-order valence-corrected chi connectivity index (χ3v) is 8.08. The first-order chi connectivity index (χ1) is 18.0. The van der Waals surface area contributed by atoms with Crippen molar-refractivity contribution in [2.24, 2.45) is 0 Å². The minimum absolute atomic E-state index is 0.193. The zero-order valence-corrected chi connectivity index (χ0v) is 23.7. The highest BCUT2D eigenvalue weighted by Crippen LogP contribution is 2.43. The lowest BCUT2D eigenvalue weighted by molar-refractivity contribution is -0.149. The van der Waals surface area contributed by atoms with E-state index in [4.69, 9.17) is 19.9 Å². The fraction of sp³-hybridized carbons (Fsp3) is 0.520. The lowest BCUT2D eigenvalue weighted by Gasteiger charge is -2.33. The smallest absolute Gasteiger partial charge is 0.326 e. The molecule has 3 atom stereocenters. The molecule has 0 aliphatic heterocycles. The number of rotatable bonds is 14. The minimum atomic E-state index is -3.53. The molecule has 0 radical (unpaired) electrons. The number of nitrogens with one attached hydrogen (secondary N) is 2. The second-order valence-corrected chi connectivity index (χ2v) is 11.9. The molecule has 0 spiro atoms. The van der Waals surface area contributed by atoms with Crippen molar-refractivity contribution in [3.05, 3.63) is 42.5 Å². The fourth-order valence-corrected chi connectivity index (χ4v) is 6.40. The SMILES string of the molecule is CCCOC(=O)C(C)(C)NP(=O)(COC(C)Cn1cnc2c(N)ncnc21)NC(C)c1ccccc1OC. The average molecular weight is 548 g/mol. The molecule has 12 nitrogen and oxygen atoms in total. The van der Waals surface area contributed by atoms with Gasteiger partial charge >= 0.3 is 5.97 Å². The first-order valence-corrected chi connectivity index (χ1v) is 14.4. The molecule has 38 heavy (non-hydrogen) atoms. The van der Waals surface area contributed by atoms with Crippen molar-refractivity contribution in [1.82, 2.24) is 29.7 Å². The number of nitrogens with zero attached hydrogens (tertiary/aromatic N) is 4. The van der Waals surface area contributed by atoms with E-state index in [9.17, 15) is 9.36 Å². The number of hydrogen-bond donors (Lipinski definition) is 3. The number of carbonyl (C=O) groups excluding carboxylic acids is 1. The largest absolute Gasteiger partial charge is 0.496 e. The summed E-state index contributed by atoms with van der Waals surface area (Å²) >= 11 is 0. The molecule has 0 aliphatic rings. The number of carbonyl (C=O) groups is 1. The molecule has 208 valence electrons. The van der Waals surface area contributed by atoms with Gasteiger partial charge in [0.15, 0.2) is 11.5 Å². The minimum Gasteiger partial charge on any atom is -0.496 e. The Morgan fingerprint density at radius 3 is 2.66 bits per heavy atom. The Morgan fingerprint density at radius 1 is 1.21 bits per heavy atom. The van der Waals surface area contributed by atoms with Crippen LogP contribution >= 0.6 is 7.44 Å². The van der Waals surface area contributed by atoms with Gasteiger partial charge in [-0.25, -0.2) is 25.1 Å². The van der Waals surface area contributed by atoms with Gasteiger partial charge < -0.3 is 24.5 Å². The Hall–Kier alpha value is -3.05. The van der Waals surface area contributed by atoms with Crippen LogP contribution in [-0.4, -0.2) is 57.2 Å². The van der Waals surface area contributed by atoms with Gasteiger partial charge in [0, 0.05) is 11.6 Å². The summed E-state index contributed by atoms with van der Waals surface area (Å²) in [6, 6.07) is 7.08. The number of methoxy groups -OCH3 is 1. The molecule has 1 aromatic carbocycles. The van der Waals surface area contributed by atoms with Crippen LogP contribution in [0.25, 0.3) is 11.2 Å². The Bertz CT molecular complexity index is 1280. The first kappa shape index (κ1) is 29.5. The van der Waals surface area contributed by atoms with Crippen LogP contribution in [-0.2, 0) is 25.4 Å². The lowest BCUT2D eigenvalue weighted by Crippen LogP contribution is -2.49. The normalized spacial score (nSPS) is 15.1. The van der Waals surface area contributed by atoms with Crippen LogP contribution in [0, 0.1) is 0 Å². The van der Waals surface area contributed by atoms with Crippen molar-refractivity contribution in [2.75, 3.05) is 25.8 Å². The van der Waals surface area contributed by atoms with Crippen molar-refractivity contribution < 1.29 is 23.6 Å². The van der Waals surface area contributed by atoms with Crippen molar-refractivity contribution in [2.45, 2.75) is 65.3 Å². The van der Waals surface area contributed by atoms with E-state index in [1.54, 1.807) is 31.9 Å². The van der Waals surface area contributed by atoms with Crippen molar-refractivity contribution in [3.63, 3.8) is 0 Å². The maximum absolute atomic E-state index is 14.3. The van der Waals surface area contributed by atoms with E-state index < -0.39 is 19.0 Å². The second kappa shape index (κ2) is 12.7. The van der Waals surface area contributed by atoms with Gasteiger partial charge in [0.1, 0.15) is 29.5 Å². The van der Waals surface area contributed by atoms with Crippen LogP contribution in [0.3, 0.4) is 0 Å². The molecule has 4 N–H and O–H groups in total. The summed E-state index contributed by atoms with van der Waals surface area (Å²) in [5, 5.41) is 6.19. The van der Waals surface area contributed by atoms with E-state index in [1.807, 2.05) is 45.0 Å². The molecule has 0 bridgehead atoms. The summed E-state index contributed by atoms with van der Waals surface area (Å²) in [6.45, 7) is 9.58. The third kappa shape index (κ3) is 7.28. The Kier molecular flexibility index (Phi) is 9.83. The molecule has 0 fully saturated rings. The molecule has 2 aromatic heterocycles. The first-order valence-electron chi connectivity index (χ1n) is 12.5. The van der Waals surface area contributed by atoms with Crippen LogP contribution in [0.2, 0.25) is 0 Å². The molecule has 0 amide bonds. The zero-order valence-electron chi connectivity index (χ0n) is 22.8. The van der Waals surface area contributed by atoms with E-state index in [0.29, 0.717) is 35.7 Å². The van der Waals surface area contributed by atoms with Gasteiger partial charge in [-0.2, -0.15) is 0 Å². The number of benzene rings is 1. The molecule has 2 heterocycles. The number of hydrogen-bond acceptors (Lipinski definition) is 9. The molecule has 3 aromatic rings. The second-order valence-electron chi connectivity index (χ2n) is 9.64. The van der Waals surface area contributed by atoms with Gasteiger partial charge in [-0.1, -0.05) is 25.1 Å². The van der Waals surface area contributed by atoms with Crippen molar-refractivity contribution >= 4 is 30.4 Å². The molecular weight excluding hydrogens is 509 g/mol. The number of nitrogen functional groups attached to an aromatic ring is 1. The Balaban J connectivity index is 1.79. The van der Waals surface area contributed by atoms with E-state index >= 15 is 0 Å². The summed E-state index contributed by atoms with van der Waals surface area (Å²) in [7, 11) is -1.95. The predicted octanol–water partition coefficient (Wildman–Crippen LogP) is 3.65. The molecule has 3 unspecified atom stereocenters. The van der Waals surface area contributed by atoms with Crippen LogP contribution in [0.5, 0.6) is 5.75 Å². The van der Waals surface area contributed by atoms with E-state index in [1.165, 1.54) is 6.33 Å². The highest BCUT2D eigenvalue weighted by molar-refractivity contribution is 7.59. The van der Waals surface area contributed by atoms with Gasteiger partial charge in [0.2, 0.25) is 7.44 Å². The van der Waals surface area contributed by atoms with E-state index in [2.05, 4.69) is 25.1 Å². The number of imidazole rings is 1. The van der Waals surface area contributed by atoms with E-state index in [0.717, 1.165) is 5.56 Å². The topological polar surface area (TPSA) is 156 Å². The third-order valence-electron chi connectivity index (χ3n) is 5.84. The molecule has 13 heteroatoms. The van der Waals surface area contributed by atoms with Crippen LogP contribution in [0.4, 0.5) is 5.82 Å². The summed E-state index contributed by atoms with van der Waals surface area (Å²) in [5.74, 6) is 0.451. The molecule has 0 saturated carbocycles. The zero-order chi connectivity index (χ0) is 27.9. The summed E-state index contributed by atoms with van der Waals surface area (Å²) in [4.78, 5) is 25.2. The number of fused-ring (bicyclic) bond motifs is 1. The number of nitrogens with two attached hydrogens (primary N) is 1. The molecule has 0 aliphatic carbocycles. The fourth-order valence-electron chi connectivity index (χ4n) is 3.97. The monoisotopic (exact) mass is 547 g/mol. The van der Waals surface area contributed by atoms with Crippen molar-refractivity contribution in [3.8, 4) is 5.75 Å². The lowest BCUT2D eigenvalue weighted by atomic mass is 10.1. The maximum Gasteiger partial charge on any atom is 0.326 e. The van der Waals surface area contributed by atoms with Crippen LogP contribution in [0.1, 0.15) is 52.6 Å². The van der Waals surface area contributed by atoms with Gasteiger partial charge in [-0.05, 0) is 40.2 Å². The standard InChI is InChI=1S/C25H38N7O5P/c1-7-12-36-24(33)25(4,5)31-38(34,30-18(3)19-10-8-9-11-20(19)35-6)16-37-17(2)13-32-15-29-21-22(26)27-14-28-23(21)32/h8-11,14-15,17-18H,7,12-13,16H2,1-6H3,(H2,26,27,28)(H2,30,31,34). The summed E-state index contributed by atoms with van der Waals surface area (Å²) < 4.78 is 33.0. The average Bonchev–Trinajstić information content (AvgIpc) is 3.29. The maximum atomic E-state index is 14.3. The van der Waals surface area contributed by atoms with Gasteiger partial charge in [0.05, 0.1) is 32.7 Å². The molecule has 0 saturated heterocycles. The number of anilines is 1. The molecule has 3 rings (SSSR count). The number of aromatic nitrogens is 4. The quantitative estimate of drug-likeness (QED) is 0.200. The predicted molar refractivity (Wildman–Crippen MR) is 146 cm³/mol. The summed E-state index contributed by atoms with van der Waals surface area (Å²) in [5.41, 5.74) is 6.55. The van der Waals surface area contributed by atoms with Gasteiger partial charge in [0.25, 0.3) is 0 Å².